The highest BCUT2D eigenvalue weighted by molar-refractivity contribution is 6.34. The number of hydrogen-bond donors (Lipinski definition) is 6. The van der Waals surface area contributed by atoms with Gasteiger partial charge in [-0.25, -0.2) is 9.59 Å². The van der Waals surface area contributed by atoms with E-state index >= 15 is 0 Å². The molecular weight excluding hydrogens is 863 g/mol. The van der Waals surface area contributed by atoms with E-state index < -0.39 is 18.0 Å². The fourth-order valence-corrected chi connectivity index (χ4v) is 7.13. The van der Waals surface area contributed by atoms with Crippen LogP contribution in [0.2, 0.25) is 10.0 Å². The van der Waals surface area contributed by atoms with Crippen LogP contribution in [0.4, 0.5) is 21.0 Å². The summed E-state index contributed by atoms with van der Waals surface area (Å²) >= 11 is 13.0. The molecule has 6 N–H and O–H groups in total. The van der Waals surface area contributed by atoms with E-state index in [0.29, 0.717) is 56.2 Å². The number of pyridine rings is 2. The zero-order chi connectivity index (χ0) is 45.1. The monoisotopic (exact) mass is 906 g/mol. The van der Waals surface area contributed by atoms with Gasteiger partial charge >= 0.3 is 12.1 Å². The molecule has 2 aliphatic carbocycles. The van der Waals surface area contributed by atoms with Gasteiger partial charge in [0, 0.05) is 59.5 Å². The highest BCUT2D eigenvalue weighted by Gasteiger charge is 2.27. The largest absolute Gasteiger partial charge is 0.496 e. The smallest absolute Gasteiger partial charge is 0.319 e. The summed E-state index contributed by atoms with van der Waals surface area (Å²) in [6, 6.07) is 19.2. The molecule has 2 aromatic heterocycles. The summed E-state index contributed by atoms with van der Waals surface area (Å²) in [6.45, 7) is 3.70. The van der Waals surface area contributed by atoms with Crippen molar-refractivity contribution in [1.82, 2.24) is 31.2 Å². The van der Waals surface area contributed by atoms with Crippen molar-refractivity contribution in [2.45, 2.75) is 57.8 Å². The third-order valence-electron chi connectivity index (χ3n) is 10.4. The van der Waals surface area contributed by atoms with Gasteiger partial charge in [-0.2, -0.15) is 0 Å². The first-order valence-electron chi connectivity index (χ1n) is 20.5. The summed E-state index contributed by atoms with van der Waals surface area (Å²) in [4.78, 5) is 61.7. The van der Waals surface area contributed by atoms with Gasteiger partial charge in [0.2, 0.25) is 0 Å². The molecular formula is C46H44Cl2N8O8. The minimum atomic E-state index is -0.865. The Hall–Kier alpha value is -7.04. The number of rotatable bonds is 15. The highest BCUT2D eigenvalue weighted by atomic mass is 35.5. The van der Waals surface area contributed by atoms with Crippen molar-refractivity contribution in [1.29, 1.82) is 0 Å². The van der Waals surface area contributed by atoms with Crippen molar-refractivity contribution >= 4 is 80.3 Å². The predicted molar refractivity (Wildman–Crippen MR) is 244 cm³/mol. The van der Waals surface area contributed by atoms with Crippen LogP contribution < -0.4 is 50.8 Å². The first-order valence-corrected chi connectivity index (χ1v) is 21.3. The lowest BCUT2D eigenvalue weighted by atomic mass is 10.1. The molecule has 4 aromatic carbocycles. The Balaban J connectivity index is 0.997. The van der Waals surface area contributed by atoms with E-state index in [1.165, 1.54) is 14.2 Å². The second-order valence-electron chi connectivity index (χ2n) is 15.7. The second-order valence-corrected chi connectivity index (χ2v) is 16.5. The summed E-state index contributed by atoms with van der Waals surface area (Å²) in [7, 11) is 2.89. The molecule has 6 amide bonds. The Bertz CT molecular complexity index is 2610. The van der Waals surface area contributed by atoms with Gasteiger partial charge in [-0.05, 0) is 80.1 Å². The molecule has 2 aliphatic rings. The minimum absolute atomic E-state index is 0.161. The molecule has 6 aromatic rings. The van der Waals surface area contributed by atoms with Gasteiger partial charge in [-0.3, -0.25) is 19.6 Å². The fraction of sp³-hybridized carbons (Fsp3) is 0.261. The van der Waals surface area contributed by atoms with Gasteiger partial charge in [-0.15, -0.1) is 0 Å². The van der Waals surface area contributed by atoms with Crippen molar-refractivity contribution in [2.24, 2.45) is 5.92 Å². The summed E-state index contributed by atoms with van der Waals surface area (Å²) in [5.74, 6) is 0.661. The molecule has 2 heterocycles. The van der Waals surface area contributed by atoms with E-state index in [4.69, 9.17) is 42.1 Å². The number of hydrogen-bond acceptors (Lipinski definition) is 10. The topological polar surface area (TPSA) is 203 Å². The van der Waals surface area contributed by atoms with Crippen molar-refractivity contribution in [3.63, 3.8) is 0 Å². The normalized spacial score (nSPS) is 13.3. The summed E-state index contributed by atoms with van der Waals surface area (Å²) in [6.07, 6.45) is 6.08. The number of ether oxygens (including phenoxy) is 4. The Morgan fingerprint density at radius 2 is 1.02 bits per heavy atom. The maximum Gasteiger partial charge on any atom is 0.319 e. The lowest BCUT2D eigenvalue weighted by Gasteiger charge is -2.25. The molecule has 64 heavy (non-hydrogen) atoms. The maximum atomic E-state index is 14.1. The van der Waals surface area contributed by atoms with Crippen LogP contribution in [0, 0.1) is 5.92 Å². The number of aromatic nitrogens is 2. The standard InChI is InChI=1S/C46H44Cl2N8O8/c1-23(2)42(55-43(57)30-19-28-36(21-40(30)61-3)49-15-13-38(28)63-26-9-11-34(32(47)17-26)53-45(59)51-24-5-6-24)56-44(58)31-20-29-37(22-41(31)62-4)50-16-14-39(29)64-27-10-12-35(33(48)18-27)54-46(60)52-25-7-8-25/h9-25,42H,5-8H2,1-4H3,(H,55,57)(H,56,58)(H2,51,53,59)(H2,52,54,60). The van der Waals surface area contributed by atoms with Gasteiger partial charge in [0.25, 0.3) is 11.8 Å². The van der Waals surface area contributed by atoms with E-state index in [2.05, 4.69) is 41.9 Å². The third kappa shape index (κ3) is 10.2. The molecule has 0 radical (unpaired) electrons. The van der Waals surface area contributed by atoms with Crippen molar-refractivity contribution in [2.75, 3.05) is 24.9 Å². The Kier molecular flexibility index (Phi) is 12.8. The molecule has 0 atom stereocenters. The average molecular weight is 908 g/mol. The van der Waals surface area contributed by atoms with E-state index in [1.54, 1.807) is 85.2 Å². The fourth-order valence-electron chi connectivity index (χ4n) is 6.69. The molecule has 0 bridgehead atoms. The molecule has 0 unspecified atom stereocenters. The molecule has 8 rings (SSSR count). The number of methoxy groups -OCH3 is 2. The summed E-state index contributed by atoms with van der Waals surface area (Å²) in [5, 5.41) is 18.7. The minimum Gasteiger partial charge on any atom is -0.496 e. The molecule has 0 spiro atoms. The van der Waals surface area contributed by atoms with Crippen LogP contribution in [0.15, 0.2) is 85.2 Å². The summed E-state index contributed by atoms with van der Waals surface area (Å²) in [5.41, 5.74) is 2.15. The zero-order valence-corrected chi connectivity index (χ0v) is 36.6. The van der Waals surface area contributed by atoms with Gasteiger partial charge in [0.05, 0.1) is 57.8 Å². The van der Waals surface area contributed by atoms with Gasteiger partial charge < -0.3 is 50.8 Å². The number of halogens is 2. The summed E-state index contributed by atoms with van der Waals surface area (Å²) < 4.78 is 23.7. The van der Waals surface area contributed by atoms with Crippen LogP contribution in [0.3, 0.4) is 0 Å². The van der Waals surface area contributed by atoms with Crippen LogP contribution in [0.25, 0.3) is 21.8 Å². The third-order valence-corrected chi connectivity index (χ3v) is 11.1. The quantitative estimate of drug-likeness (QED) is 0.0539. The molecule has 0 aliphatic heterocycles. The first kappa shape index (κ1) is 43.6. The molecule has 0 saturated heterocycles. The van der Waals surface area contributed by atoms with E-state index in [0.717, 1.165) is 25.7 Å². The number of benzene rings is 4. The lowest BCUT2D eigenvalue weighted by molar-refractivity contribution is 0.0858. The van der Waals surface area contributed by atoms with Crippen LogP contribution in [0.1, 0.15) is 60.2 Å². The molecule has 18 heteroatoms. The Labute approximate surface area is 377 Å². The van der Waals surface area contributed by atoms with Gasteiger partial charge in [0.1, 0.15) is 40.7 Å². The van der Waals surface area contributed by atoms with Gasteiger partial charge in [0.15, 0.2) is 0 Å². The zero-order valence-electron chi connectivity index (χ0n) is 35.1. The van der Waals surface area contributed by atoms with E-state index in [-0.39, 0.29) is 62.7 Å². The van der Waals surface area contributed by atoms with Crippen molar-refractivity contribution in [3.8, 4) is 34.5 Å². The highest BCUT2D eigenvalue weighted by Crippen LogP contribution is 2.38. The van der Waals surface area contributed by atoms with Crippen LogP contribution >= 0.6 is 23.2 Å². The molecule has 16 nitrogen and oxygen atoms in total. The molecule has 330 valence electrons. The van der Waals surface area contributed by atoms with E-state index in [1.807, 2.05) is 13.8 Å². The number of urea groups is 2. The number of fused-ring (bicyclic) bond motifs is 2. The Morgan fingerprint density at radius 1 is 0.594 bits per heavy atom. The average Bonchev–Trinajstić information content (AvgIpc) is 4.23. The van der Waals surface area contributed by atoms with E-state index in [9.17, 15) is 19.2 Å². The van der Waals surface area contributed by atoms with Crippen LogP contribution in [-0.4, -0.2) is 66.3 Å². The second kappa shape index (κ2) is 18.7. The van der Waals surface area contributed by atoms with Crippen LogP contribution in [0.5, 0.6) is 34.5 Å². The maximum absolute atomic E-state index is 14.1. The number of anilines is 2. The number of amides is 6. The number of carbonyl (C=O) groups excluding carboxylic acids is 4. The SMILES string of the molecule is COc1cc2nccc(Oc3ccc(NC(=O)NC4CC4)c(Cl)c3)c2cc1C(=O)NC(NC(=O)c1cc2c(Oc3ccc(NC(=O)NC4CC4)c(Cl)c3)ccnc2cc1OC)C(C)C. The lowest BCUT2D eigenvalue weighted by Crippen LogP contribution is -2.51. The Morgan fingerprint density at radius 3 is 1.38 bits per heavy atom. The predicted octanol–water partition coefficient (Wildman–Crippen LogP) is 9.40. The molecule has 2 fully saturated rings. The number of carbonyl (C=O) groups is 4. The number of nitrogens with one attached hydrogen (secondary N) is 6. The number of nitrogens with zero attached hydrogens (tertiary/aromatic N) is 2. The van der Waals surface area contributed by atoms with Crippen molar-refractivity contribution in [3.05, 3.63) is 106 Å². The molecule has 2 saturated carbocycles. The van der Waals surface area contributed by atoms with Gasteiger partial charge in [-0.1, -0.05) is 37.0 Å². The first-order chi connectivity index (χ1) is 30.8. The van der Waals surface area contributed by atoms with Crippen molar-refractivity contribution < 1.29 is 38.1 Å². The van der Waals surface area contributed by atoms with Crippen LogP contribution in [-0.2, 0) is 0 Å².